The molecule has 1 aromatic heterocycles. The van der Waals surface area contributed by atoms with Gasteiger partial charge in [0.25, 0.3) is 0 Å². The van der Waals surface area contributed by atoms with E-state index in [2.05, 4.69) is 39.7 Å². The molecule has 6 nitrogen and oxygen atoms in total. The van der Waals surface area contributed by atoms with Crippen LogP contribution in [0.4, 0.5) is 0 Å². The first-order chi connectivity index (χ1) is 12.3. The lowest BCUT2D eigenvalue weighted by atomic mass is 10.1. The van der Waals surface area contributed by atoms with Crippen LogP contribution in [0.2, 0.25) is 0 Å². The number of hydrogen-bond acceptors (Lipinski definition) is 6. The summed E-state index contributed by atoms with van der Waals surface area (Å²) in [6.45, 7) is 2.54. The van der Waals surface area contributed by atoms with Crippen molar-refractivity contribution in [3.05, 3.63) is 59.2 Å². The van der Waals surface area contributed by atoms with E-state index in [1.165, 1.54) is 17.3 Å². The number of H-pyrrole nitrogens is 1. The molecule has 0 atom stereocenters. The van der Waals surface area contributed by atoms with Gasteiger partial charge in [0.1, 0.15) is 18.1 Å². The standard InChI is InChI=1S/C18H20N4O2S/c1-2-5-15-16(23)8-4-9-17(15)24-11-13-6-3-7-14(10-13)12-25-18-19-21-22-20-18/h3-4,6-10,23H,2,5,11-12H2,1H3,(H,19,20,21,22). The number of thioether (sulfide) groups is 1. The molecule has 0 fully saturated rings. The molecular formula is C18H20N4O2S. The maximum atomic E-state index is 10.0. The van der Waals surface area contributed by atoms with E-state index in [-0.39, 0.29) is 0 Å². The Balaban J connectivity index is 1.64. The van der Waals surface area contributed by atoms with Crippen molar-refractivity contribution in [3.8, 4) is 11.5 Å². The molecule has 0 saturated carbocycles. The monoisotopic (exact) mass is 356 g/mol. The molecule has 0 saturated heterocycles. The third-order valence-corrected chi connectivity index (χ3v) is 4.60. The third-order valence-electron chi connectivity index (χ3n) is 3.69. The van der Waals surface area contributed by atoms with Crippen LogP contribution in [0.15, 0.2) is 47.6 Å². The van der Waals surface area contributed by atoms with E-state index in [4.69, 9.17) is 4.74 Å². The molecule has 25 heavy (non-hydrogen) atoms. The van der Waals surface area contributed by atoms with Gasteiger partial charge in [0, 0.05) is 11.3 Å². The molecule has 0 aliphatic rings. The summed E-state index contributed by atoms with van der Waals surface area (Å²) in [5.41, 5.74) is 3.12. The number of aromatic amines is 1. The lowest BCUT2D eigenvalue weighted by molar-refractivity contribution is 0.300. The van der Waals surface area contributed by atoms with E-state index in [0.717, 1.165) is 35.5 Å². The number of hydrogen-bond donors (Lipinski definition) is 2. The van der Waals surface area contributed by atoms with Crippen molar-refractivity contribution in [2.45, 2.75) is 37.3 Å². The second-order valence-corrected chi connectivity index (χ2v) is 6.54. The first-order valence-corrected chi connectivity index (χ1v) is 9.12. The van der Waals surface area contributed by atoms with Gasteiger partial charge in [-0.25, -0.2) is 0 Å². The molecule has 0 radical (unpaired) electrons. The largest absolute Gasteiger partial charge is 0.508 e. The van der Waals surface area contributed by atoms with Crippen molar-refractivity contribution >= 4 is 11.8 Å². The lowest BCUT2D eigenvalue weighted by Crippen LogP contribution is -1.99. The Labute approximate surface area is 150 Å². The van der Waals surface area contributed by atoms with Gasteiger partial charge in [0.2, 0.25) is 5.16 Å². The molecule has 0 unspecified atom stereocenters. The van der Waals surface area contributed by atoms with Gasteiger partial charge in [-0.05, 0) is 34.9 Å². The Morgan fingerprint density at radius 3 is 2.80 bits per heavy atom. The zero-order chi connectivity index (χ0) is 17.5. The summed E-state index contributed by atoms with van der Waals surface area (Å²) in [6.07, 6.45) is 1.75. The number of nitrogens with one attached hydrogen (secondary N) is 1. The smallest absolute Gasteiger partial charge is 0.231 e. The van der Waals surface area contributed by atoms with Crippen molar-refractivity contribution in [2.24, 2.45) is 0 Å². The molecule has 2 aromatic carbocycles. The highest BCUT2D eigenvalue weighted by atomic mass is 32.2. The summed E-state index contributed by atoms with van der Waals surface area (Å²) >= 11 is 1.52. The minimum absolute atomic E-state index is 0.296. The molecule has 7 heteroatoms. The fraction of sp³-hybridized carbons (Fsp3) is 0.278. The van der Waals surface area contributed by atoms with Gasteiger partial charge in [-0.15, -0.1) is 10.2 Å². The minimum Gasteiger partial charge on any atom is -0.508 e. The Bertz CT molecular complexity index is 809. The Hall–Kier alpha value is -2.54. The number of nitrogens with zero attached hydrogens (tertiary/aromatic N) is 3. The number of aromatic nitrogens is 4. The predicted molar refractivity (Wildman–Crippen MR) is 96.6 cm³/mol. The van der Waals surface area contributed by atoms with E-state index >= 15 is 0 Å². The first kappa shape index (κ1) is 17.3. The van der Waals surface area contributed by atoms with Crippen LogP contribution in [0, 0.1) is 0 Å². The topological polar surface area (TPSA) is 83.9 Å². The van der Waals surface area contributed by atoms with Crippen molar-refractivity contribution in [3.63, 3.8) is 0 Å². The van der Waals surface area contributed by atoms with Crippen molar-refractivity contribution in [1.82, 2.24) is 20.6 Å². The van der Waals surface area contributed by atoms with E-state index < -0.39 is 0 Å². The average molecular weight is 356 g/mol. The molecule has 2 N–H and O–H groups in total. The van der Waals surface area contributed by atoms with Gasteiger partial charge in [-0.2, -0.15) is 5.21 Å². The summed E-state index contributed by atoms with van der Waals surface area (Å²) in [5, 5.41) is 24.5. The van der Waals surface area contributed by atoms with Crippen LogP contribution in [0.25, 0.3) is 0 Å². The number of phenols is 1. The van der Waals surface area contributed by atoms with Crippen LogP contribution in [0.3, 0.4) is 0 Å². The molecule has 3 rings (SSSR count). The first-order valence-electron chi connectivity index (χ1n) is 8.14. The van der Waals surface area contributed by atoms with E-state index in [1.807, 2.05) is 24.3 Å². The van der Waals surface area contributed by atoms with Crippen molar-refractivity contribution < 1.29 is 9.84 Å². The zero-order valence-electron chi connectivity index (χ0n) is 14.0. The van der Waals surface area contributed by atoms with Crippen molar-refractivity contribution in [2.75, 3.05) is 0 Å². The van der Waals surface area contributed by atoms with Crippen LogP contribution in [-0.4, -0.2) is 25.7 Å². The van der Waals surface area contributed by atoms with Crippen LogP contribution >= 0.6 is 11.8 Å². The Morgan fingerprint density at radius 1 is 1.16 bits per heavy atom. The molecular weight excluding hydrogens is 336 g/mol. The summed E-state index contributed by atoms with van der Waals surface area (Å²) in [4.78, 5) is 0. The molecule has 0 bridgehead atoms. The number of benzene rings is 2. The summed E-state index contributed by atoms with van der Waals surface area (Å²) in [7, 11) is 0. The highest BCUT2D eigenvalue weighted by Gasteiger charge is 2.08. The fourth-order valence-electron chi connectivity index (χ4n) is 2.52. The Kier molecular flexibility index (Phi) is 5.90. The molecule has 1 heterocycles. The molecule has 130 valence electrons. The third kappa shape index (κ3) is 4.73. The van der Waals surface area contributed by atoms with Gasteiger partial charge in [0.05, 0.1) is 0 Å². The number of ether oxygens (including phenoxy) is 1. The molecule has 3 aromatic rings. The van der Waals surface area contributed by atoms with E-state index in [9.17, 15) is 5.11 Å². The average Bonchev–Trinajstić information content (AvgIpc) is 3.15. The van der Waals surface area contributed by atoms with E-state index in [0.29, 0.717) is 17.5 Å². The molecule has 0 aliphatic carbocycles. The minimum atomic E-state index is 0.296. The number of aromatic hydroxyl groups is 1. The lowest BCUT2D eigenvalue weighted by Gasteiger charge is -2.13. The predicted octanol–water partition coefficient (Wildman–Crippen LogP) is 3.73. The number of phenolic OH excluding ortho intramolecular Hbond substituents is 1. The van der Waals surface area contributed by atoms with E-state index in [1.54, 1.807) is 6.07 Å². The summed E-state index contributed by atoms with van der Waals surface area (Å²) < 4.78 is 5.96. The van der Waals surface area contributed by atoms with Crippen LogP contribution in [0.5, 0.6) is 11.5 Å². The quantitative estimate of drug-likeness (QED) is 0.598. The number of rotatable bonds is 8. The van der Waals surface area contributed by atoms with Crippen LogP contribution in [0.1, 0.15) is 30.0 Å². The highest BCUT2D eigenvalue weighted by molar-refractivity contribution is 7.98. The fourth-order valence-corrected chi connectivity index (χ4v) is 3.20. The van der Waals surface area contributed by atoms with Gasteiger partial charge in [0.15, 0.2) is 0 Å². The second kappa shape index (κ2) is 8.53. The highest BCUT2D eigenvalue weighted by Crippen LogP contribution is 2.29. The van der Waals surface area contributed by atoms with Crippen LogP contribution in [-0.2, 0) is 18.8 Å². The maximum Gasteiger partial charge on any atom is 0.231 e. The molecule has 0 amide bonds. The van der Waals surface area contributed by atoms with Gasteiger partial charge in [-0.3, -0.25) is 0 Å². The maximum absolute atomic E-state index is 10.0. The zero-order valence-corrected chi connectivity index (χ0v) is 14.8. The van der Waals surface area contributed by atoms with Gasteiger partial charge in [-0.1, -0.05) is 55.4 Å². The number of tetrazole rings is 1. The second-order valence-electron chi connectivity index (χ2n) is 5.60. The van der Waals surface area contributed by atoms with Gasteiger partial charge >= 0.3 is 0 Å². The van der Waals surface area contributed by atoms with Crippen molar-refractivity contribution in [1.29, 1.82) is 0 Å². The molecule has 0 spiro atoms. The van der Waals surface area contributed by atoms with Crippen LogP contribution < -0.4 is 4.74 Å². The summed E-state index contributed by atoms with van der Waals surface area (Å²) in [6, 6.07) is 13.6. The SMILES string of the molecule is CCCc1c(O)cccc1OCc1cccc(CSc2nn[nH]n2)c1. The van der Waals surface area contributed by atoms with Gasteiger partial charge < -0.3 is 9.84 Å². The normalized spacial score (nSPS) is 10.8. The molecule has 0 aliphatic heterocycles. The summed E-state index contributed by atoms with van der Waals surface area (Å²) in [5.74, 6) is 1.80. The Morgan fingerprint density at radius 2 is 2.00 bits per heavy atom.